The third kappa shape index (κ3) is 6.37. The normalized spacial score (nSPS) is 15.1. The highest BCUT2D eigenvalue weighted by atomic mass is 16.5. The third-order valence-electron chi connectivity index (χ3n) is 5.76. The second-order valence-electron chi connectivity index (χ2n) is 9.24. The molecule has 4 rings (SSSR count). The molecular formula is C29H30N2O4. The van der Waals surface area contributed by atoms with Crippen molar-refractivity contribution in [3.63, 3.8) is 0 Å². The Hall–Kier alpha value is -3.90. The summed E-state index contributed by atoms with van der Waals surface area (Å²) in [6.07, 6.45) is 2.45. The molecule has 3 aromatic carbocycles. The van der Waals surface area contributed by atoms with Gasteiger partial charge in [-0.2, -0.15) is 0 Å². The Labute approximate surface area is 206 Å². The van der Waals surface area contributed by atoms with Gasteiger partial charge in [0.1, 0.15) is 12.4 Å². The van der Waals surface area contributed by atoms with Crippen LogP contribution in [0.2, 0.25) is 0 Å². The van der Waals surface area contributed by atoms with Crippen LogP contribution in [0.1, 0.15) is 40.9 Å². The van der Waals surface area contributed by atoms with Crippen LogP contribution in [0.3, 0.4) is 0 Å². The molecule has 0 unspecified atom stereocenters. The van der Waals surface area contributed by atoms with E-state index in [0.29, 0.717) is 17.9 Å². The molecule has 1 heterocycles. The number of benzene rings is 3. The summed E-state index contributed by atoms with van der Waals surface area (Å²) in [5.74, 6) is 0.304. The zero-order valence-electron chi connectivity index (χ0n) is 20.3. The second-order valence-corrected chi connectivity index (χ2v) is 9.24. The highest BCUT2D eigenvalue weighted by molar-refractivity contribution is 6.09. The van der Waals surface area contributed by atoms with Gasteiger partial charge in [-0.25, -0.2) is 0 Å². The maximum Gasteiger partial charge on any atom is 0.250 e. The lowest BCUT2D eigenvalue weighted by molar-refractivity contribution is -0.121. The number of methoxy groups -OCH3 is 1. The summed E-state index contributed by atoms with van der Waals surface area (Å²) in [6.45, 7) is 4.49. The van der Waals surface area contributed by atoms with Crippen molar-refractivity contribution < 1.29 is 19.1 Å². The Kier molecular flexibility index (Phi) is 7.32. The number of hydrogen-bond donors (Lipinski definition) is 2. The van der Waals surface area contributed by atoms with E-state index in [1.807, 2.05) is 48.5 Å². The molecule has 180 valence electrons. The summed E-state index contributed by atoms with van der Waals surface area (Å²) >= 11 is 0. The number of rotatable bonds is 8. The standard InChI is InChI=1S/C29H30N2O4/c1-29(2)17-22-12-13-24(34-3)15-25(22)26(31-29)16-27(32)21-10-7-11-23(14-21)30-28(33)19-35-18-20-8-5-4-6-9-20/h4-16,31H,17-19H2,1-3H3,(H,30,33). The molecule has 6 nitrogen and oxygen atoms in total. The zero-order chi connectivity index (χ0) is 24.8. The van der Waals surface area contributed by atoms with Crippen molar-refractivity contribution in [1.29, 1.82) is 0 Å². The van der Waals surface area contributed by atoms with E-state index >= 15 is 0 Å². The van der Waals surface area contributed by atoms with Crippen LogP contribution in [0.15, 0.2) is 78.9 Å². The molecule has 0 bridgehead atoms. The third-order valence-corrected chi connectivity index (χ3v) is 5.76. The zero-order valence-corrected chi connectivity index (χ0v) is 20.3. The molecule has 0 saturated heterocycles. The molecule has 6 heteroatoms. The number of carbonyl (C=O) groups is 2. The Balaban J connectivity index is 1.45. The molecule has 0 fully saturated rings. The van der Waals surface area contributed by atoms with Gasteiger partial charge in [-0.3, -0.25) is 9.59 Å². The molecule has 0 atom stereocenters. The number of nitrogens with one attached hydrogen (secondary N) is 2. The molecule has 0 aromatic heterocycles. The first kappa shape index (κ1) is 24.2. The van der Waals surface area contributed by atoms with Crippen molar-refractivity contribution in [2.45, 2.75) is 32.4 Å². The average molecular weight is 471 g/mol. The predicted molar refractivity (Wildman–Crippen MR) is 137 cm³/mol. The van der Waals surface area contributed by atoms with Gasteiger partial charge in [0.25, 0.3) is 0 Å². The van der Waals surface area contributed by atoms with Crippen LogP contribution < -0.4 is 15.4 Å². The van der Waals surface area contributed by atoms with Crippen molar-refractivity contribution in [3.8, 4) is 5.75 Å². The average Bonchev–Trinajstić information content (AvgIpc) is 2.84. The molecule has 0 spiro atoms. The van der Waals surface area contributed by atoms with Crippen LogP contribution in [0.25, 0.3) is 5.70 Å². The van der Waals surface area contributed by atoms with E-state index in [4.69, 9.17) is 9.47 Å². The predicted octanol–water partition coefficient (Wildman–Crippen LogP) is 5.00. The van der Waals surface area contributed by atoms with Crippen LogP contribution in [0.4, 0.5) is 5.69 Å². The first-order valence-electron chi connectivity index (χ1n) is 11.6. The minimum absolute atomic E-state index is 0.0747. The number of ether oxygens (including phenoxy) is 2. The molecule has 0 aliphatic carbocycles. The molecule has 1 aliphatic rings. The first-order valence-corrected chi connectivity index (χ1v) is 11.6. The van der Waals surface area contributed by atoms with Crippen molar-refractivity contribution in [2.75, 3.05) is 19.0 Å². The minimum Gasteiger partial charge on any atom is -0.497 e. The lowest BCUT2D eigenvalue weighted by atomic mass is 9.85. The van der Waals surface area contributed by atoms with Gasteiger partial charge in [0.05, 0.1) is 13.7 Å². The Morgan fingerprint density at radius 3 is 2.60 bits per heavy atom. The van der Waals surface area contributed by atoms with E-state index in [0.717, 1.165) is 34.6 Å². The lowest BCUT2D eigenvalue weighted by Crippen LogP contribution is -2.43. The molecule has 2 N–H and O–H groups in total. The number of amides is 1. The highest BCUT2D eigenvalue weighted by Gasteiger charge is 2.28. The van der Waals surface area contributed by atoms with Gasteiger partial charge in [-0.05, 0) is 55.7 Å². The second kappa shape index (κ2) is 10.6. The van der Waals surface area contributed by atoms with Crippen LogP contribution in [-0.2, 0) is 22.6 Å². The van der Waals surface area contributed by atoms with E-state index in [-0.39, 0.29) is 23.8 Å². The van der Waals surface area contributed by atoms with Crippen molar-refractivity contribution in [2.24, 2.45) is 0 Å². The van der Waals surface area contributed by atoms with Crippen LogP contribution >= 0.6 is 0 Å². The van der Waals surface area contributed by atoms with Gasteiger partial charge < -0.3 is 20.1 Å². The molecule has 1 aliphatic heterocycles. The fraction of sp³-hybridized carbons (Fsp3) is 0.241. The Morgan fingerprint density at radius 1 is 1.03 bits per heavy atom. The van der Waals surface area contributed by atoms with Gasteiger partial charge in [0, 0.05) is 34.1 Å². The maximum atomic E-state index is 13.2. The molecule has 1 amide bonds. The maximum absolute atomic E-state index is 13.2. The van der Waals surface area contributed by atoms with Crippen molar-refractivity contribution in [1.82, 2.24) is 5.32 Å². The summed E-state index contributed by atoms with van der Waals surface area (Å²) in [6, 6.07) is 22.5. The molecule has 0 saturated carbocycles. The largest absolute Gasteiger partial charge is 0.497 e. The quantitative estimate of drug-likeness (QED) is 0.358. The van der Waals surface area contributed by atoms with E-state index in [1.165, 1.54) is 0 Å². The Bertz CT molecular complexity index is 1250. The van der Waals surface area contributed by atoms with Crippen LogP contribution in [0.5, 0.6) is 5.75 Å². The SMILES string of the molecule is COc1ccc2c(c1)C(=CC(=O)c1cccc(NC(=O)COCc3ccccc3)c1)NC(C)(C)C2. The number of hydrogen-bond acceptors (Lipinski definition) is 5. The number of ketones is 1. The van der Waals surface area contributed by atoms with Crippen LogP contribution in [-0.4, -0.2) is 30.9 Å². The minimum atomic E-state index is -0.277. The monoisotopic (exact) mass is 470 g/mol. The number of fused-ring (bicyclic) bond motifs is 1. The smallest absolute Gasteiger partial charge is 0.250 e. The Morgan fingerprint density at radius 2 is 1.83 bits per heavy atom. The van der Waals surface area contributed by atoms with Gasteiger partial charge >= 0.3 is 0 Å². The highest BCUT2D eigenvalue weighted by Crippen LogP contribution is 2.32. The number of anilines is 1. The van der Waals surface area contributed by atoms with E-state index in [2.05, 4.69) is 24.5 Å². The summed E-state index contributed by atoms with van der Waals surface area (Å²) in [4.78, 5) is 25.5. The van der Waals surface area contributed by atoms with Gasteiger partial charge in [-0.15, -0.1) is 0 Å². The first-order chi connectivity index (χ1) is 16.8. The van der Waals surface area contributed by atoms with Gasteiger partial charge in [0.15, 0.2) is 5.78 Å². The van der Waals surface area contributed by atoms with Gasteiger partial charge in [-0.1, -0.05) is 48.5 Å². The number of allylic oxidation sites excluding steroid dienone is 1. The molecule has 35 heavy (non-hydrogen) atoms. The summed E-state index contributed by atoms with van der Waals surface area (Å²) < 4.78 is 10.9. The van der Waals surface area contributed by atoms with E-state index < -0.39 is 0 Å². The molecule has 3 aromatic rings. The van der Waals surface area contributed by atoms with Crippen LogP contribution in [0, 0.1) is 0 Å². The number of carbonyl (C=O) groups excluding carboxylic acids is 2. The van der Waals surface area contributed by atoms with Gasteiger partial charge in [0.2, 0.25) is 5.91 Å². The van der Waals surface area contributed by atoms with Crippen molar-refractivity contribution in [3.05, 3.63) is 101 Å². The van der Waals surface area contributed by atoms with Crippen molar-refractivity contribution >= 4 is 23.1 Å². The molecule has 0 radical (unpaired) electrons. The fourth-order valence-corrected chi connectivity index (χ4v) is 4.15. The summed E-state index contributed by atoms with van der Waals surface area (Å²) in [5, 5.41) is 6.28. The topological polar surface area (TPSA) is 76.7 Å². The molecular weight excluding hydrogens is 440 g/mol. The van der Waals surface area contributed by atoms with E-state index in [9.17, 15) is 9.59 Å². The van der Waals surface area contributed by atoms with E-state index in [1.54, 1.807) is 37.5 Å². The lowest BCUT2D eigenvalue weighted by Gasteiger charge is -2.35. The summed E-state index contributed by atoms with van der Waals surface area (Å²) in [5.41, 5.74) is 4.70. The fourth-order valence-electron chi connectivity index (χ4n) is 4.15. The summed E-state index contributed by atoms with van der Waals surface area (Å²) in [7, 11) is 1.63.